The highest BCUT2D eigenvalue weighted by Gasteiger charge is 1.94. The molecule has 1 heterocycles. The third-order valence-electron chi connectivity index (χ3n) is 1.59. The molecule has 1 fully saturated rings. The van der Waals surface area contributed by atoms with Gasteiger partial charge < -0.3 is 19.5 Å². The second-order valence-electron chi connectivity index (χ2n) is 2.59. The van der Waals surface area contributed by atoms with E-state index in [-0.39, 0.29) is 0 Å². The van der Waals surface area contributed by atoms with Crippen molar-refractivity contribution in [3.05, 3.63) is 0 Å². The van der Waals surface area contributed by atoms with Crippen molar-refractivity contribution in [1.82, 2.24) is 5.32 Å². The lowest BCUT2D eigenvalue weighted by Gasteiger charge is -2.10. The number of rotatable bonds is 0. The molecule has 72 valence electrons. The molecule has 1 aliphatic rings. The average molecular weight is 175 g/mol. The summed E-state index contributed by atoms with van der Waals surface area (Å²) in [6.45, 7) is 6.00. The number of hydrogen-bond donors (Lipinski definition) is 1. The van der Waals surface area contributed by atoms with Crippen molar-refractivity contribution in [2.75, 3.05) is 52.7 Å². The molecule has 4 nitrogen and oxygen atoms in total. The Labute approximate surface area is 73.2 Å². The second kappa shape index (κ2) is 7.49. The van der Waals surface area contributed by atoms with Crippen LogP contribution in [0.2, 0.25) is 0 Å². The molecule has 0 radical (unpaired) electrons. The van der Waals surface area contributed by atoms with Crippen LogP contribution in [0, 0.1) is 0 Å². The first-order chi connectivity index (χ1) is 6.00. The minimum Gasteiger partial charge on any atom is -0.378 e. The zero-order chi connectivity index (χ0) is 8.49. The highest BCUT2D eigenvalue weighted by molar-refractivity contribution is 4.46. The van der Waals surface area contributed by atoms with Crippen LogP contribution in [0.25, 0.3) is 0 Å². The number of hydrogen-bond acceptors (Lipinski definition) is 4. The molecule has 0 aromatic carbocycles. The molecule has 1 rings (SSSR count). The molecule has 0 aliphatic carbocycles. The molecule has 0 aromatic heterocycles. The summed E-state index contributed by atoms with van der Waals surface area (Å²) in [6.07, 6.45) is 0. The van der Waals surface area contributed by atoms with Gasteiger partial charge in [-0.3, -0.25) is 0 Å². The van der Waals surface area contributed by atoms with Crippen LogP contribution < -0.4 is 5.32 Å². The Hall–Kier alpha value is -0.160. The van der Waals surface area contributed by atoms with Crippen molar-refractivity contribution >= 4 is 0 Å². The predicted octanol–water partition coefficient (Wildman–Crippen LogP) is -0.361. The quantitative estimate of drug-likeness (QED) is 0.546. The monoisotopic (exact) mass is 175 g/mol. The van der Waals surface area contributed by atoms with E-state index < -0.39 is 0 Å². The maximum absolute atomic E-state index is 5.28. The predicted molar refractivity (Wildman–Crippen MR) is 45.3 cm³/mol. The standard InChI is InChI=1S/C8H17NO3/c1-3-10-5-7-12-8-6-11-4-2-9-1/h9H,1-8H2. The smallest absolute Gasteiger partial charge is 0.0701 e. The summed E-state index contributed by atoms with van der Waals surface area (Å²) in [5.41, 5.74) is 0. The Kier molecular flexibility index (Phi) is 6.19. The average Bonchev–Trinajstić information content (AvgIpc) is 2.05. The van der Waals surface area contributed by atoms with Gasteiger partial charge in [-0.2, -0.15) is 0 Å². The highest BCUT2D eigenvalue weighted by atomic mass is 16.5. The molecular weight excluding hydrogens is 158 g/mol. The van der Waals surface area contributed by atoms with E-state index in [9.17, 15) is 0 Å². The molecular formula is C8H17NO3. The Morgan fingerprint density at radius 2 is 1.00 bits per heavy atom. The zero-order valence-corrected chi connectivity index (χ0v) is 7.38. The van der Waals surface area contributed by atoms with Gasteiger partial charge in [0.25, 0.3) is 0 Å². The first-order valence-electron chi connectivity index (χ1n) is 4.44. The van der Waals surface area contributed by atoms with Crippen LogP contribution in [0.4, 0.5) is 0 Å². The van der Waals surface area contributed by atoms with Crippen molar-refractivity contribution in [2.45, 2.75) is 0 Å². The van der Waals surface area contributed by atoms with Crippen LogP contribution in [0.5, 0.6) is 0 Å². The van der Waals surface area contributed by atoms with Crippen LogP contribution in [0.15, 0.2) is 0 Å². The maximum Gasteiger partial charge on any atom is 0.0701 e. The summed E-state index contributed by atoms with van der Waals surface area (Å²) in [5, 5.41) is 3.21. The lowest BCUT2D eigenvalue weighted by molar-refractivity contribution is 0.0100. The molecule has 0 bridgehead atoms. The Morgan fingerprint density at radius 3 is 1.50 bits per heavy atom. The van der Waals surface area contributed by atoms with Gasteiger partial charge in [0.15, 0.2) is 0 Å². The Morgan fingerprint density at radius 1 is 0.583 bits per heavy atom. The largest absolute Gasteiger partial charge is 0.378 e. The van der Waals surface area contributed by atoms with Gasteiger partial charge in [0.05, 0.1) is 39.6 Å². The van der Waals surface area contributed by atoms with Gasteiger partial charge in [0, 0.05) is 13.1 Å². The fourth-order valence-corrected chi connectivity index (χ4v) is 0.956. The van der Waals surface area contributed by atoms with Gasteiger partial charge >= 0.3 is 0 Å². The fourth-order valence-electron chi connectivity index (χ4n) is 0.956. The summed E-state index contributed by atoms with van der Waals surface area (Å²) in [7, 11) is 0. The van der Waals surface area contributed by atoms with Gasteiger partial charge in [-0.1, -0.05) is 0 Å². The van der Waals surface area contributed by atoms with Gasteiger partial charge in [-0.25, -0.2) is 0 Å². The minimum absolute atomic E-state index is 0.670. The van der Waals surface area contributed by atoms with E-state index in [1.807, 2.05) is 0 Å². The third kappa shape index (κ3) is 5.49. The first kappa shape index (κ1) is 9.92. The van der Waals surface area contributed by atoms with Crippen LogP contribution in [0.1, 0.15) is 0 Å². The molecule has 0 unspecified atom stereocenters. The molecule has 0 saturated carbocycles. The molecule has 1 saturated heterocycles. The van der Waals surface area contributed by atoms with Gasteiger partial charge in [-0.05, 0) is 0 Å². The first-order valence-corrected chi connectivity index (χ1v) is 4.44. The molecule has 0 atom stereocenters. The fraction of sp³-hybridized carbons (Fsp3) is 1.00. The highest BCUT2D eigenvalue weighted by Crippen LogP contribution is 1.82. The van der Waals surface area contributed by atoms with Gasteiger partial charge in [-0.15, -0.1) is 0 Å². The number of nitrogens with one attached hydrogen (secondary N) is 1. The van der Waals surface area contributed by atoms with Crippen LogP contribution >= 0.6 is 0 Å². The molecule has 12 heavy (non-hydrogen) atoms. The lowest BCUT2D eigenvalue weighted by atomic mass is 10.6. The number of ether oxygens (including phenoxy) is 3. The molecule has 0 spiro atoms. The Bertz CT molecular complexity index is 57.3. The summed E-state index contributed by atoms with van der Waals surface area (Å²) in [5.74, 6) is 0. The van der Waals surface area contributed by atoms with E-state index in [4.69, 9.17) is 14.2 Å². The second-order valence-corrected chi connectivity index (χ2v) is 2.59. The van der Waals surface area contributed by atoms with Crippen molar-refractivity contribution in [2.24, 2.45) is 0 Å². The van der Waals surface area contributed by atoms with E-state index in [0.29, 0.717) is 26.4 Å². The summed E-state index contributed by atoms with van der Waals surface area (Å²) in [4.78, 5) is 0. The van der Waals surface area contributed by atoms with Crippen LogP contribution in [-0.2, 0) is 14.2 Å². The minimum atomic E-state index is 0.670. The van der Waals surface area contributed by atoms with E-state index in [1.54, 1.807) is 0 Å². The van der Waals surface area contributed by atoms with E-state index in [2.05, 4.69) is 5.32 Å². The van der Waals surface area contributed by atoms with E-state index in [1.165, 1.54) is 0 Å². The third-order valence-corrected chi connectivity index (χ3v) is 1.59. The van der Waals surface area contributed by atoms with Crippen LogP contribution in [-0.4, -0.2) is 52.7 Å². The summed E-state index contributed by atoms with van der Waals surface area (Å²) in [6, 6.07) is 0. The summed E-state index contributed by atoms with van der Waals surface area (Å²) >= 11 is 0. The topological polar surface area (TPSA) is 39.7 Å². The molecule has 0 aromatic rings. The molecule has 1 N–H and O–H groups in total. The maximum atomic E-state index is 5.28. The molecule has 0 amide bonds. The van der Waals surface area contributed by atoms with Gasteiger partial charge in [0.2, 0.25) is 0 Å². The van der Waals surface area contributed by atoms with Crippen molar-refractivity contribution in [1.29, 1.82) is 0 Å². The van der Waals surface area contributed by atoms with Crippen LogP contribution in [0.3, 0.4) is 0 Å². The normalized spacial score (nSPS) is 24.0. The van der Waals surface area contributed by atoms with Crippen molar-refractivity contribution < 1.29 is 14.2 Å². The summed E-state index contributed by atoms with van der Waals surface area (Å²) < 4.78 is 15.8. The SMILES string of the molecule is C1COCCOCCOCCN1. The van der Waals surface area contributed by atoms with E-state index in [0.717, 1.165) is 26.3 Å². The van der Waals surface area contributed by atoms with Crippen molar-refractivity contribution in [3.63, 3.8) is 0 Å². The molecule has 1 aliphatic heterocycles. The van der Waals surface area contributed by atoms with Gasteiger partial charge in [0.1, 0.15) is 0 Å². The zero-order valence-electron chi connectivity index (χ0n) is 7.38. The van der Waals surface area contributed by atoms with E-state index >= 15 is 0 Å². The Balaban J connectivity index is 2.00. The molecule has 4 heteroatoms. The van der Waals surface area contributed by atoms with Crippen molar-refractivity contribution in [3.8, 4) is 0 Å². The lowest BCUT2D eigenvalue weighted by Crippen LogP contribution is -2.26.